The summed E-state index contributed by atoms with van der Waals surface area (Å²) in [5.41, 5.74) is 0.983. The number of methoxy groups -OCH3 is 2. The minimum atomic E-state index is -0.299. The molecule has 1 aromatic carbocycles. The molecule has 6 nitrogen and oxygen atoms in total. The molecule has 6 heteroatoms. The van der Waals surface area contributed by atoms with Crippen molar-refractivity contribution < 1.29 is 14.3 Å². The van der Waals surface area contributed by atoms with Gasteiger partial charge in [-0.1, -0.05) is 6.07 Å². The summed E-state index contributed by atoms with van der Waals surface area (Å²) in [5.74, 6) is 0.930. The number of pyridine rings is 1. The van der Waals surface area contributed by atoms with Crippen molar-refractivity contribution in [2.24, 2.45) is 7.05 Å². The predicted molar refractivity (Wildman–Crippen MR) is 82.4 cm³/mol. The third-order valence-corrected chi connectivity index (χ3v) is 3.27. The second-order valence-corrected chi connectivity index (χ2v) is 4.74. The molecule has 2 rings (SSSR count). The van der Waals surface area contributed by atoms with Gasteiger partial charge < -0.3 is 19.4 Å². The van der Waals surface area contributed by atoms with E-state index in [1.165, 1.54) is 10.6 Å². The van der Waals surface area contributed by atoms with Crippen molar-refractivity contribution in [2.75, 3.05) is 14.2 Å². The van der Waals surface area contributed by atoms with Crippen LogP contribution in [-0.2, 0) is 13.6 Å². The molecule has 1 heterocycles. The third kappa shape index (κ3) is 3.46. The number of hydrogen-bond donors (Lipinski definition) is 1. The molecule has 2 aromatic rings. The molecule has 0 atom stereocenters. The second kappa shape index (κ2) is 6.80. The summed E-state index contributed by atoms with van der Waals surface area (Å²) >= 11 is 0. The summed E-state index contributed by atoms with van der Waals surface area (Å²) < 4.78 is 11.8. The van der Waals surface area contributed by atoms with Crippen molar-refractivity contribution in [1.29, 1.82) is 0 Å². The standard InChI is InChI=1S/C16H18N2O4/c1-18-7-6-12(9-15(18)19)16(20)17-10-11-4-5-13(21-2)14(8-11)22-3/h4-9H,10H2,1-3H3,(H,17,20). The molecular weight excluding hydrogens is 284 g/mol. The number of nitrogens with one attached hydrogen (secondary N) is 1. The molecule has 1 amide bonds. The van der Waals surface area contributed by atoms with Gasteiger partial charge in [0.25, 0.3) is 11.5 Å². The van der Waals surface area contributed by atoms with Gasteiger partial charge in [-0.25, -0.2) is 0 Å². The first-order valence-corrected chi connectivity index (χ1v) is 6.71. The van der Waals surface area contributed by atoms with Crippen LogP contribution in [0.25, 0.3) is 0 Å². The summed E-state index contributed by atoms with van der Waals surface area (Å²) in [7, 11) is 4.75. The van der Waals surface area contributed by atoms with E-state index >= 15 is 0 Å². The Bertz CT molecular complexity index is 737. The van der Waals surface area contributed by atoms with Gasteiger partial charge in [0.15, 0.2) is 11.5 Å². The van der Waals surface area contributed by atoms with Crippen LogP contribution in [-0.4, -0.2) is 24.7 Å². The van der Waals surface area contributed by atoms with Crippen molar-refractivity contribution in [1.82, 2.24) is 9.88 Å². The SMILES string of the molecule is COc1ccc(CNC(=O)c2ccn(C)c(=O)c2)cc1OC. The fourth-order valence-electron chi connectivity index (χ4n) is 1.96. The van der Waals surface area contributed by atoms with Gasteiger partial charge in [0.05, 0.1) is 14.2 Å². The molecule has 116 valence electrons. The molecular formula is C16H18N2O4. The van der Waals surface area contributed by atoms with Crippen LogP contribution in [0.5, 0.6) is 11.5 Å². The van der Waals surface area contributed by atoms with Crippen molar-refractivity contribution in [3.8, 4) is 11.5 Å². The van der Waals surface area contributed by atoms with E-state index in [2.05, 4.69) is 5.32 Å². The Morgan fingerprint density at radius 3 is 2.50 bits per heavy atom. The summed E-state index contributed by atoms with van der Waals surface area (Å²) in [4.78, 5) is 23.6. The average Bonchev–Trinajstić information content (AvgIpc) is 2.54. The summed E-state index contributed by atoms with van der Waals surface area (Å²) in [5, 5.41) is 2.77. The summed E-state index contributed by atoms with van der Waals surface area (Å²) in [6.07, 6.45) is 1.56. The van der Waals surface area contributed by atoms with E-state index < -0.39 is 0 Å². The molecule has 0 aliphatic heterocycles. The lowest BCUT2D eigenvalue weighted by molar-refractivity contribution is 0.0950. The normalized spacial score (nSPS) is 10.1. The van der Waals surface area contributed by atoms with E-state index in [-0.39, 0.29) is 11.5 Å². The second-order valence-electron chi connectivity index (χ2n) is 4.74. The molecule has 0 unspecified atom stereocenters. The minimum Gasteiger partial charge on any atom is -0.493 e. The molecule has 0 saturated heterocycles. The molecule has 0 saturated carbocycles. The maximum absolute atomic E-state index is 12.0. The Hall–Kier alpha value is -2.76. The Morgan fingerprint density at radius 2 is 1.86 bits per heavy atom. The van der Waals surface area contributed by atoms with E-state index in [9.17, 15) is 9.59 Å². The van der Waals surface area contributed by atoms with Gasteiger partial charge in [0.1, 0.15) is 0 Å². The molecule has 0 aliphatic carbocycles. The first-order valence-electron chi connectivity index (χ1n) is 6.71. The molecule has 0 aliphatic rings. The van der Waals surface area contributed by atoms with Gasteiger partial charge in [-0.05, 0) is 23.8 Å². The molecule has 0 bridgehead atoms. The van der Waals surface area contributed by atoms with Crippen molar-refractivity contribution in [2.45, 2.75) is 6.54 Å². The highest BCUT2D eigenvalue weighted by molar-refractivity contribution is 5.93. The number of carbonyl (C=O) groups excluding carboxylic acids is 1. The zero-order chi connectivity index (χ0) is 16.1. The van der Waals surface area contributed by atoms with Crippen LogP contribution < -0.4 is 20.3 Å². The van der Waals surface area contributed by atoms with Crippen molar-refractivity contribution >= 4 is 5.91 Å². The first kappa shape index (κ1) is 15.6. The van der Waals surface area contributed by atoms with Crippen molar-refractivity contribution in [3.63, 3.8) is 0 Å². The van der Waals surface area contributed by atoms with Gasteiger partial charge in [-0.3, -0.25) is 9.59 Å². The van der Waals surface area contributed by atoms with Crippen LogP contribution >= 0.6 is 0 Å². The molecule has 0 spiro atoms. The topological polar surface area (TPSA) is 69.6 Å². The van der Waals surface area contributed by atoms with E-state index in [4.69, 9.17) is 9.47 Å². The zero-order valence-corrected chi connectivity index (χ0v) is 12.8. The van der Waals surface area contributed by atoms with Gasteiger partial charge in [0, 0.05) is 31.4 Å². The van der Waals surface area contributed by atoms with Crippen LogP contribution in [0.4, 0.5) is 0 Å². The number of rotatable bonds is 5. The van der Waals surface area contributed by atoms with Crippen LogP contribution in [0.2, 0.25) is 0 Å². The maximum atomic E-state index is 12.0. The minimum absolute atomic E-state index is 0.223. The number of aryl methyl sites for hydroxylation is 1. The number of hydrogen-bond acceptors (Lipinski definition) is 4. The van der Waals surface area contributed by atoms with Gasteiger partial charge in [0.2, 0.25) is 0 Å². The van der Waals surface area contributed by atoms with Crippen LogP contribution in [0.15, 0.2) is 41.3 Å². The number of benzene rings is 1. The highest BCUT2D eigenvalue weighted by Gasteiger charge is 2.08. The Morgan fingerprint density at radius 1 is 1.14 bits per heavy atom. The van der Waals surface area contributed by atoms with E-state index in [0.29, 0.717) is 23.6 Å². The van der Waals surface area contributed by atoms with Gasteiger partial charge >= 0.3 is 0 Å². The zero-order valence-electron chi connectivity index (χ0n) is 12.8. The molecule has 1 aromatic heterocycles. The predicted octanol–water partition coefficient (Wildman–Crippen LogP) is 1.33. The van der Waals surface area contributed by atoms with Gasteiger partial charge in [-0.15, -0.1) is 0 Å². The maximum Gasteiger partial charge on any atom is 0.251 e. The quantitative estimate of drug-likeness (QED) is 0.904. The summed E-state index contributed by atoms with van der Waals surface area (Å²) in [6.45, 7) is 0.328. The van der Waals surface area contributed by atoms with E-state index in [0.717, 1.165) is 5.56 Å². The number of ether oxygens (including phenoxy) is 2. The largest absolute Gasteiger partial charge is 0.493 e. The smallest absolute Gasteiger partial charge is 0.251 e. The number of carbonyl (C=O) groups is 1. The summed E-state index contributed by atoms with van der Waals surface area (Å²) in [6, 6.07) is 8.32. The lowest BCUT2D eigenvalue weighted by Gasteiger charge is -2.10. The number of amides is 1. The van der Waals surface area contributed by atoms with Crippen molar-refractivity contribution in [3.05, 3.63) is 58.0 Å². The molecule has 0 fully saturated rings. The highest BCUT2D eigenvalue weighted by atomic mass is 16.5. The fraction of sp³-hybridized carbons (Fsp3) is 0.250. The monoisotopic (exact) mass is 302 g/mol. The van der Waals surface area contributed by atoms with Crippen LogP contribution in [0.1, 0.15) is 15.9 Å². The number of aromatic nitrogens is 1. The fourth-order valence-corrected chi connectivity index (χ4v) is 1.96. The number of nitrogens with zero attached hydrogens (tertiary/aromatic N) is 1. The lowest BCUT2D eigenvalue weighted by Crippen LogP contribution is -2.25. The first-order chi connectivity index (χ1) is 10.5. The Kier molecular flexibility index (Phi) is 4.83. The Labute approximate surface area is 128 Å². The van der Waals surface area contributed by atoms with E-state index in [1.54, 1.807) is 45.7 Å². The molecule has 1 N–H and O–H groups in total. The van der Waals surface area contributed by atoms with Crippen LogP contribution in [0.3, 0.4) is 0 Å². The highest BCUT2D eigenvalue weighted by Crippen LogP contribution is 2.27. The lowest BCUT2D eigenvalue weighted by atomic mass is 10.2. The third-order valence-electron chi connectivity index (χ3n) is 3.27. The molecule has 22 heavy (non-hydrogen) atoms. The average molecular weight is 302 g/mol. The van der Waals surface area contributed by atoms with Gasteiger partial charge in [-0.2, -0.15) is 0 Å². The van der Waals surface area contributed by atoms with Crippen LogP contribution in [0, 0.1) is 0 Å². The Balaban J connectivity index is 2.07. The van der Waals surface area contributed by atoms with E-state index in [1.807, 2.05) is 6.07 Å². The molecule has 0 radical (unpaired) electrons.